The van der Waals surface area contributed by atoms with Crippen molar-refractivity contribution in [3.05, 3.63) is 30.1 Å². The van der Waals surface area contributed by atoms with Crippen LogP contribution in [0.1, 0.15) is 33.4 Å². The van der Waals surface area contributed by atoms with Gasteiger partial charge in [0.2, 0.25) is 5.95 Å². The van der Waals surface area contributed by atoms with E-state index in [0.717, 1.165) is 56.0 Å². The molecule has 2 aromatic heterocycles. The predicted molar refractivity (Wildman–Crippen MR) is 101 cm³/mol. The van der Waals surface area contributed by atoms with Crippen LogP contribution >= 0.6 is 0 Å². The SMILES string of the molecule is CCNc1ccnc(N2CCN(c3ccc(C(C)(C)C)nn3)CC2)n1. The normalized spacial score (nSPS) is 15.4. The van der Waals surface area contributed by atoms with Gasteiger partial charge in [0.25, 0.3) is 0 Å². The first-order valence-corrected chi connectivity index (χ1v) is 8.88. The molecule has 3 heterocycles. The molecule has 0 radical (unpaired) electrons. The maximum absolute atomic E-state index is 4.58. The molecular weight excluding hydrogens is 314 g/mol. The summed E-state index contributed by atoms with van der Waals surface area (Å²) in [6, 6.07) is 6.05. The maximum Gasteiger partial charge on any atom is 0.227 e. The molecule has 1 aliphatic rings. The Kier molecular flexibility index (Phi) is 5.01. The van der Waals surface area contributed by atoms with Gasteiger partial charge in [-0.15, -0.1) is 5.10 Å². The van der Waals surface area contributed by atoms with Gasteiger partial charge in [0.05, 0.1) is 5.69 Å². The molecule has 1 N–H and O–H groups in total. The molecule has 0 bridgehead atoms. The number of nitrogens with zero attached hydrogens (tertiary/aromatic N) is 6. The summed E-state index contributed by atoms with van der Waals surface area (Å²) in [6.45, 7) is 12.9. The van der Waals surface area contributed by atoms with Gasteiger partial charge in [-0.25, -0.2) is 4.98 Å². The fourth-order valence-electron chi connectivity index (χ4n) is 2.81. The lowest BCUT2D eigenvalue weighted by Crippen LogP contribution is -2.47. The van der Waals surface area contributed by atoms with E-state index in [-0.39, 0.29) is 5.41 Å². The molecule has 0 unspecified atom stereocenters. The summed E-state index contributed by atoms with van der Waals surface area (Å²) in [4.78, 5) is 13.5. The minimum absolute atomic E-state index is 0.0269. The van der Waals surface area contributed by atoms with Crippen LogP contribution in [0.5, 0.6) is 0 Å². The molecule has 0 amide bonds. The molecular formula is C18H27N7. The summed E-state index contributed by atoms with van der Waals surface area (Å²) in [5, 5.41) is 12.0. The van der Waals surface area contributed by atoms with Crippen LogP contribution in [0.2, 0.25) is 0 Å². The Bertz CT molecular complexity index is 685. The highest BCUT2D eigenvalue weighted by Crippen LogP contribution is 2.22. The van der Waals surface area contributed by atoms with Crippen molar-refractivity contribution < 1.29 is 0 Å². The highest BCUT2D eigenvalue weighted by atomic mass is 15.4. The van der Waals surface area contributed by atoms with E-state index in [0.29, 0.717) is 0 Å². The minimum Gasteiger partial charge on any atom is -0.370 e. The first kappa shape index (κ1) is 17.4. The van der Waals surface area contributed by atoms with Crippen LogP contribution in [-0.2, 0) is 5.41 Å². The molecule has 0 spiro atoms. The number of hydrogen-bond acceptors (Lipinski definition) is 7. The van der Waals surface area contributed by atoms with Crippen molar-refractivity contribution in [2.75, 3.05) is 47.8 Å². The fraction of sp³-hybridized carbons (Fsp3) is 0.556. The van der Waals surface area contributed by atoms with Gasteiger partial charge in [-0.2, -0.15) is 10.1 Å². The molecule has 7 nitrogen and oxygen atoms in total. The second-order valence-electron chi connectivity index (χ2n) is 7.27. The Morgan fingerprint density at radius 2 is 1.72 bits per heavy atom. The van der Waals surface area contributed by atoms with E-state index in [1.165, 1.54) is 0 Å². The third kappa shape index (κ3) is 4.15. The second kappa shape index (κ2) is 7.21. The first-order chi connectivity index (χ1) is 12.0. The molecule has 3 rings (SSSR count). The molecule has 7 heteroatoms. The monoisotopic (exact) mass is 341 g/mol. The summed E-state index contributed by atoms with van der Waals surface area (Å²) < 4.78 is 0. The van der Waals surface area contributed by atoms with Crippen molar-refractivity contribution in [1.29, 1.82) is 0 Å². The highest BCUT2D eigenvalue weighted by molar-refractivity contribution is 5.45. The van der Waals surface area contributed by atoms with Crippen LogP contribution in [0, 0.1) is 0 Å². The van der Waals surface area contributed by atoms with Gasteiger partial charge in [0.15, 0.2) is 5.82 Å². The molecule has 0 aliphatic carbocycles. The molecule has 2 aromatic rings. The van der Waals surface area contributed by atoms with Gasteiger partial charge >= 0.3 is 0 Å². The van der Waals surface area contributed by atoms with E-state index in [1.807, 2.05) is 12.3 Å². The van der Waals surface area contributed by atoms with Crippen molar-refractivity contribution >= 4 is 17.6 Å². The molecule has 1 saturated heterocycles. The van der Waals surface area contributed by atoms with Crippen molar-refractivity contribution in [3.8, 4) is 0 Å². The van der Waals surface area contributed by atoms with Gasteiger partial charge in [-0.05, 0) is 25.1 Å². The van der Waals surface area contributed by atoms with Gasteiger partial charge in [-0.1, -0.05) is 20.8 Å². The molecule has 0 saturated carbocycles. The fourth-order valence-corrected chi connectivity index (χ4v) is 2.81. The van der Waals surface area contributed by atoms with Crippen LogP contribution < -0.4 is 15.1 Å². The van der Waals surface area contributed by atoms with Crippen LogP contribution in [0.25, 0.3) is 0 Å². The summed E-state index contributed by atoms with van der Waals surface area (Å²) in [5.74, 6) is 2.60. The molecule has 0 aromatic carbocycles. The molecule has 25 heavy (non-hydrogen) atoms. The Balaban J connectivity index is 1.63. The minimum atomic E-state index is 0.0269. The molecule has 0 atom stereocenters. The average molecular weight is 341 g/mol. The van der Waals surface area contributed by atoms with Crippen LogP contribution in [0.15, 0.2) is 24.4 Å². The van der Waals surface area contributed by atoms with Crippen LogP contribution in [-0.4, -0.2) is 52.9 Å². The highest BCUT2D eigenvalue weighted by Gasteiger charge is 2.21. The van der Waals surface area contributed by atoms with E-state index < -0.39 is 0 Å². The van der Waals surface area contributed by atoms with Gasteiger partial charge in [0.1, 0.15) is 5.82 Å². The standard InChI is InChI=1S/C18H27N7/c1-5-19-15-8-9-20-17(21-15)25-12-10-24(11-13-25)16-7-6-14(22-23-16)18(2,3)4/h6-9H,5,10-13H2,1-4H3,(H,19,20,21). The number of hydrogen-bond donors (Lipinski definition) is 1. The van der Waals surface area contributed by atoms with E-state index in [4.69, 9.17) is 0 Å². The maximum atomic E-state index is 4.58. The lowest BCUT2D eigenvalue weighted by Gasteiger charge is -2.35. The Morgan fingerprint density at radius 3 is 2.32 bits per heavy atom. The Morgan fingerprint density at radius 1 is 1.00 bits per heavy atom. The summed E-state index contributed by atoms with van der Waals surface area (Å²) in [5.41, 5.74) is 1.04. The number of nitrogens with one attached hydrogen (secondary N) is 1. The summed E-state index contributed by atoms with van der Waals surface area (Å²) in [6.07, 6.45) is 1.81. The quantitative estimate of drug-likeness (QED) is 0.915. The van der Waals surface area contributed by atoms with Gasteiger partial charge < -0.3 is 15.1 Å². The zero-order valence-electron chi connectivity index (χ0n) is 15.5. The van der Waals surface area contributed by atoms with Crippen molar-refractivity contribution in [1.82, 2.24) is 20.2 Å². The number of piperazine rings is 1. The van der Waals surface area contributed by atoms with Crippen LogP contribution in [0.4, 0.5) is 17.6 Å². The topological polar surface area (TPSA) is 70.1 Å². The predicted octanol–water partition coefficient (Wildman–Crippen LogP) is 2.32. The largest absolute Gasteiger partial charge is 0.370 e. The number of anilines is 3. The number of rotatable bonds is 4. The third-order valence-electron chi connectivity index (χ3n) is 4.31. The van der Waals surface area contributed by atoms with E-state index in [9.17, 15) is 0 Å². The summed E-state index contributed by atoms with van der Waals surface area (Å²) in [7, 11) is 0. The van der Waals surface area contributed by atoms with E-state index >= 15 is 0 Å². The third-order valence-corrected chi connectivity index (χ3v) is 4.31. The zero-order valence-corrected chi connectivity index (χ0v) is 15.5. The van der Waals surface area contributed by atoms with E-state index in [1.54, 1.807) is 0 Å². The van der Waals surface area contributed by atoms with Crippen LogP contribution in [0.3, 0.4) is 0 Å². The molecule has 1 fully saturated rings. The zero-order chi connectivity index (χ0) is 17.9. The van der Waals surface area contributed by atoms with E-state index in [2.05, 4.69) is 75.1 Å². The molecule has 134 valence electrons. The smallest absolute Gasteiger partial charge is 0.227 e. The summed E-state index contributed by atoms with van der Waals surface area (Å²) >= 11 is 0. The Labute approximate surface area is 149 Å². The van der Waals surface area contributed by atoms with Gasteiger partial charge in [-0.3, -0.25) is 0 Å². The first-order valence-electron chi connectivity index (χ1n) is 8.88. The van der Waals surface area contributed by atoms with Crippen molar-refractivity contribution in [3.63, 3.8) is 0 Å². The lowest BCUT2D eigenvalue weighted by molar-refractivity contribution is 0.556. The Hall–Kier alpha value is -2.44. The van der Waals surface area contributed by atoms with Crippen molar-refractivity contribution in [2.45, 2.75) is 33.1 Å². The van der Waals surface area contributed by atoms with Crippen molar-refractivity contribution in [2.24, 2.45) is 0 Å². The number of aromatic nitrogens is 4. The van der Waals surface area contributed by atoms with Gasteiger partial charge in [0, 0.05) is 44.3 Å². The second-order valence-corrected chi connectivity index (χ2v) is 7.27. The average Bonchev–Trinajstić information content (AvgIpc) is 2.62. The lowest BCUT2D eigenvalue weighted by atomic mass is 9.92. The molecule has 1 aliphatic heterocycles.